The average Bonchev–Trinajstić information content (AvgIpc) is 2.95. The minimum Gasteiger partial charge on any atom is -0.419 e. The zero-order chi connectivity index (χ0) is 14.7. The summed E-state index contributed by atoms with van der Waals surface area (Å²) in [5, 5.41) is 12.0. The van der Waals surface area contributed by atoms with Crippen LogP contribution in [0.15, 0.2) is 57.4 Å². The number of nitrogens with one attached hydrogen (secondary N) is 1. The summed E-state index contributed by atoms with van der Waals surface area (Å²) in [6, 6.07) is 15.2. The van der Waals surface area contributed by atoms with Gasteiger partial charge in [-0.15, -0.1) is 10.2 Å². The first-order valence-corrected chi connectivity index (χ1v) is 7.45. The Hall–Kier alpha value is -1.85. The van der Waals surface area contributed by atoms with E-state index in [1.807, 2.05) is 36.4 Å². The maximum Gasteiger partial charge on any atom is 0.247 e. The van der Waals surface area contributed by atoms with Gasteiger partial charge in [-0.2, -0.15) is 0 Å². The predicted molar refractivity (Wildman–Crippen MR) is 86.2 cm³/mol. The molecule has 1 heterocycles. The van der Waals surface area contributed by atoms with Crippen molar-refractivity contribution < 1.29 is 4.42 Å². The van der Waals surface area contributed by atoms with Gasteiger partial charge in [0.15, 0.2) is 0 Å². The first kappa shape index (κ1) is 14.1. The summed E-state index contributed by atoms with van der Waals surface area (Å²) in [5.41, 5.74) is 1.83. The van der Waals surface area contributed by atoms with Crippen LogP contribution in [-0.4, -0.2) is 10.2 Å². The molecule has 4 nitrogen and oxygen atoms in total. The van der Waals surface area contributed by atoms with Crippen LogP contribution in [0.1, 0.15) is 5.89 Å². The van der Waals surface area contributed by atoms with Crippen LogP contribution >= 0.6 is 27.5 Å². The summed E-state index contributed by atoms with van der Waals surface area (Å²) in [4.78, 5) is 0. The third-order valence-corrected chi connectivity index (χ3v) is 3.57. The van der Waals surface area contributed by atoms with Crippen molar-refractivity contribution in [2.24, 2.45) is 0 Å². The van der Waals surface area contributed by atoms with Crippen molar-refractivity contribution in [2.75, 3.05) is 5.32 Å². The number of nitrogens with zero attached hydrogens (tertiary/aromatic N) is 2. The topological polar surface area (TPSA) is 51.0 Å². The summed E-state index contributed by atoms with van der Waals surface area (Å²) < 4.78 is 6.64. The van der Waals surface area contributed by atoms with Gasteiger partial charge in [0, 0.05) is 20.7 Å². The second-order valence-corrected chi connectivity index (χ2v) is 5.72. The molecule has 0 fully saturated rings. The maximum absolute atomic E-state index is 5.85. The van der Waals surface area contributed by atoms with Crippen molar-refractivity contribution in [2.45, 2.75) is 6.54 Å². The molecule has 106 valence electrons. The Balaban J connectivity index is 1.69. The van der Waals surface area contributed by atoms with Crippen molar-refractivity contribution in [1.82, 2.24) is 10.2 Å². The van der Waals surface area contributed by atoms with E-state index >= 15 is 0 Å². The smallest absolute Gasteiger partial charge is 0.247 e. The Morgan fingerprint density at radius 1 is 1.10 bits per heavy atom. The maximum atomic E-state index is 5.85. The monoisotopic (exact) mass is 363 g/mol. The molecule has 0 amide bonds. The van der Waals surface area contributed by atoms with E-state index in [2.05, 4.69) is 31.4 Å². The zero-order valence-electron chi connectivity index (χ0n) is 10.9. The molecule has 3 aromatic rings. The molecule has 0 aliphatic rings. The van der Waals surface area contributed by atoms with Crippen LogP contribution < -0.4 is 5.32 Å². The number of anilines is 1. The molecule has 0 radical (unpaired) electrons. The number of hydrogen-bond donors (Lipinski definition) is 1. The van der Waals surface area contributed by atoms with Gasteiger partial charge in [-0.3, -0.25) is 0 Å². The standard InChI is InChI=1S/C15H11BrClN3O/c16-11-2-1-3-13(8-11)18-9-14-19-20-15(21-14)10-4-6-12(17)7-5-10/h1-8,18H,9H2. The molecule has 0 bridgehead atoms. The molecule has 1 N–H and O–H groups in total. The van der Waals surface area contributed by atoms with E-state index in [1.165, 1.54) is 0 Å². The third-order valence-electron chi connectivity index (χ3n) is 2.83. The normalized spacial score (nSPS) is 10.6. The van der Waals surface area contributed by atoms with Crippen LogP contribution in [0.4, 0.5) is 5.69 Å². The summed E-state index contributed by atoms with van der Waals surface area (Å²) in [6.45, 7) is 0.469. The lowest BCUT2D eigenvalue weighted by Crippen LogP contribution is -1.99. The van der Waals surface area contributed by atoms with E-state index < -0.39 is 0 Å². The molecule has 0 aliphatic carbocycles. The fourth-order valence-corrected chi connectivity index (χ4v) is 2.34. The van der Waals surface area contributed by atoms with Gasteiger partial charge in [0.25, 0.3) is 0 Å². The van der Waals surface area contributed by atoms with Crippen molar-refractivity contribution in [3.05, 3.63) is 63.9 Å². The van der Waals surface area contributed by atoms with Crippen LogP contribution in [0, 0.1) is 0 Å². The zero-order valence-corrected chi connectivity index (χ0v) is 13.2. The Bertz CT molecular complexity index is 743. The van der Waals surface area contributed by atoms with Crippen molar-refractivity contribution >= 4 is 33.2 Å². The quantitative estimate of drug-likeness (QED) is 0.725. The summed E-state index contributed by atoms with van der Waals surface area (Å²) in [5.74, 6) is 1.01. The minimum absolute atomic E-state index is 0.469. The lowest BCUT2D eigenvalue weighted by atomic mass is 10.2. The largest absolute Gasteiger partial charge is 0.419 e. The minimum atomic E-state index is 0.469. The van der Waals surface area contributed by atoms with E-state index in [-0.39, 0.29) is 0 Å². The molecule has 0 saturated carbocycles. The van der Waals surface area contributed by atoms with Crippen molar-refractivity contribution in [3.63, 3.8) is 0 Å². The SMILES string of the molecule is Clc1ccc(-c2nnc(CNc3cccc(Br)c3)o2)cc1. The van der Waals surface area contributed by atoms with Gasteiger partial charge >= 0.3 is 0 Å². The summed E-state index contributed by atoms with van der Waals surface area (Å²) in [7, 11) is 0. The first-order chi connectivity index (χ1) is 10.2. The van der Waals surface area contributed by atoms with Gasteiger partial charge in [-0.25, -0.2) is 0 Å². The Kier molecular flexibility index (Phi) is 4.22. The van der Waals surface area contributed by atoms with E-state index in [1.54, 1.807) is 12.1 Å². The van der Waals surface area contributed by atoms with Crippen LogP contribution in [0.2, 0.25) is 5.02 Å². The molecular formula is C15H11BrClN3O. The number of halogens is 2. The van der Waals surface area contributed by atoms with Gasteiger partial charge in [0.1, 0.15) is 0 Å². The Labute approximate surface area is 135 Å². The lowest BCUT2D eigenvalue weighted by molar-refractivity contribution is 0.515. The summed E-state index contributed by atoms with van der Waals surface area (Å²) in [6.07, 6.45) is 0. The van der Waals surface area contributed by atoms with Gasteiger partial charge in [-0.1, -0.05) is 33.6 Å². The highest BCUT2D eigenvalue weighted by atomic mass is 79.9. The lowest BCUT2D eigenvalue weighted by Gasteiger charge is -2.03. The number of hydrogen-bond acceptors (Lipinski definition) is 4. The van der Waals surface area contributed by atoms with Crippen molar-refractivity contribution in [3.8, 4) is 11.5 Å². The Morgan fingerprint density at radius 3 is 2.67 bits per heavy atom. The molecule has 0 saturated heterocycles. The number of aromatic nitrogens is 2. The van der Waals surface area contributed by atoms with Gasteiger partial charge in [-0.05, 0) is 42.5 Å². The molecule has 6 heteroatoms. The molecule has 1 aromatic heterocycles. The van der Waals surface area contributed by atoms with Crippen LogP contribution in [0.25, 0.3) is 11.5 Å². The number of benzene rings is 2. The molecule has 21 heavy (non-hydrogen) atoms. The summed E-state index contributed by atoms with van der Waals surface area (Å²) >= 11 is 9.28. The highest BCUT2D eigenvalue weighted by Gasteiger charge is 2.08. The van der Waals surface area contributed by atoms with Crippen LogP contribution in [0.3, 0.4) is 0 Å². The molecular weight excluding hydrogens is 354 g/mol. The molecule has 0 atom stereocenters. The van der Waals surface area contributed by atoms with E-state index in [0.29, 0.717) is 23.3 Å². The fraction of sp³-hybridized carbons (Fsp3) is 0.0667. The van der Waals surface area contributed by atoms with Crippen LogP contribution in [0.5, 0.6) is 0 Å². The Morgan fingerprint density at radius 2 is 1.90 bits per heavy atom. The fourth-order valence-electron chi connectivity index (χ4n) is 1.81. The molecule has 0 aliphatic heterocycles. The van der Waals surface area contributed by atoms with E-state index in [0.717, 1.165) is 15.7 Å². The van der Waals surface area contributed by atoms with Crippen molar-refractivity contribution in [1.29, 1.82) is 0 Å². The van der Waals surface area contributed by atoms with Gasteiger partial charge in [0.2, 0.25) is 11.8 Å². The van der Waals surface area contributed by atoms with Crippen LogP contribution in [-0.2, 0) is 6.54 Å². The van der Waals surface area contributed by atoms with E-state index in [4.69, 9.17) is 16.0 Å². The molecule has 3 rings (SSSR count). The second-order valence-electron chi connectivity index (χ2n) is 4.37. The molecule has 0 unspecified atom stereocenters. The number of rotatable bonds is 4. The molecule has 2 aromatic carbocycles. The van der Waals surface area contributed by atoms with Gasteiger partial charge in [0.05, 0.1) is 6.54 Å². The van der Waals surface area contributed by atoms with Gasteiger partial charge < -0.3 is 9.73 Å². The predicted octanol–water partition coefficient (Wildman–Crippen LogP) is 4.76. The average molecular weight is 365 g/mol. The van der Waals surface area contributed by atoms with E-state index in [9.17, 15) is 0 Å². The third kappa shape index (κ3) is 3.62. The highest BCUT2D eigenvalue weighted by molar-refractivity contribution is 9.10. The highest BCUT2D eigenvalue weighted by Crippen LogP contribution is 2.21. The first-order valence-electron chi connectivity index (χ1n) is 6.28. The molecule has 0 spiro atoms. The second kappa shape index (κ2) is 6.28.